The SMILES string of the molecule is CCCOCCC1(C(=O)O)CCOC1C1CC1. The quantitative estimate of drug-likeness (QED) is 0.694. The summed E-state index contributed by atoms with van der Waals surface area (Å²) in [6.07, 6.45) is 4.36. The van der Waals surface area contributed by atoms with Crippen LogP contribution in [0.3, 0.4) is 0 Å². The molecule has 1 aliphatic carbocycles. The molecule has 0 aromatic heterocycles. The smallest absolute Gasteiger partial charge is 0.312 e. The van der Waals surface area contributed by atoms with Crippen LogP contribution in [0, 0.1) is 11.3 Å². The molecule has 2 unspecified atom stereocenters. The van der Waals surface area contributed by atoms with E-state index in [0.29, 0.717) is 38.6 Å². The number of hydrogen-bond acceptors (Lipinski definition) is 3. The lowest BCUT2D eigenvalue weighted by molar-refractivity contribution is -0.155. The van der Waals surface area contributed by atoms with Crippen LogP contribution in [0.4, 0.5) is 0 Å². The first-order valence-corrected chi connectivity index (χ1v) is 6.63. The van der Waals surface area contributed by atoms with Crippen LogP contribution >= 0.6 is 0 Å². The van der Waals surface area contributed by atoms with Crippen molar-refractivity contribution in [1.29, 1.82) is 0 Å². The van der Waals surface area contributed by atoms with Crippen LogP contribution < -0.4 is 0 Å². The fraction of sp³-hybridized carbons (Fsp3) is 0.923. The molecule has 2 rings (SSSR count). The van der Waals surface area contributed by atoms with E-state index in [2.05, 4.69) is 6.92 Å². The first-order chi connectivity index (χ1) is 8.20. The fourth-order valence-corrected chi connectivity index (χ4v) is 2.76. The average Bonchev–Trinajstić information content (AvgIpc) is 3.05. The van der Waals surface area contributed by atoms with E-state index >= 15 is 0 Å². The zero-order valence-electron chi connectivity index (χ0n) is 10.5. The summed E-state index contributed by atoms with van der Waals surface area (Å²) in [7, 11) is 0. The number of carboxylic acid groups (broad SMARTS) is 1. The van der Waals surface area contributed by atoms with Crippen molar-refractivity contribution >= 4 is 5.97 Å². The lowest BCUT2D eigenvalue weighted by Gasteiger charge is -2.29. The summed E-state index contributed by atoms with van der Waals surface area (Å²) in [5.41, 5.74) is -0.686. The summed E-state index contributed by atoms with van der Waals surface area (Å²) in [6, 6.07) is 0. The predicted molar refractivity (Wildman–Crippen MR) is 62.9 cm³/mol. The minimum atomic E-state index is -0.702. The highest BCUT2D eigenvalue weighted by molar-refractivity contribution is 5.76. The Labute approximate surface area is 102 Å². The van der Waals surface area contributed by atoms with E-state index in [0.717, 1.165) is 19.3 Å². The molecule has 4 nitrogen and oxygen atoms in total. The Balaban J connectivity index is 1.95. The number of hydrogen-bond donors (Lipinski definition) is 1. The van der Waals surface area contributed by atoms with Gasteiger partial charge in [0.05, 0.1) is 11.5 Å². The Bertz CT molecular complexity index is 275. The largest absolute Gasteiger partial charge is 0.481 e. The van der Waals surface area contributed by atoms with Gasteiger partial charge in [0.1, 0.15) is 0 Å². The Morgan fingerprint density at radius 2 is 2.24 bits per heavy atom. The maximum Gasteiger partial charge on any atom is 0.312 e. The molecule has 2 atom stereocenters. The van der Waals surface area contributed by atoms with Crippen molar-refractivity contribution in [3.63, 3.8) is 0 Å². The summed E-state index contributed by atoms with van der Waals surface area (Å²) >= 11 is 0. The molecule has 2 aliphatic rings. The molecule has 1 saturated carbocycles. The van der Waals surface area contributed by atoms with Gasteiger partial charge in [0.2, 0.25) is 0 Å². The van der Waals surface area contributed by atoms with Crippen molar-refractivity contribution in [1.82, 2.24) is 0 Å². The van der Waals surface area contributed by atoms with Crippen molar-refractivity contribution in [3.05, 3.63) is 0 Å². The molecule has 98 valence electrons. The molecule has 1 heterocycles. The van der Waals surface area contributed by atoms with Gasteiger partial charge < -0.3 is 14.6 Å². The monoisotopic (exact) mass is 242 g/mol. The highest BCUT2D eigenvalue weighted by Gasteiger charge is 2.55. The molecular formula is C13H22O4. The van der Waals surface area contributed by atoms with E-state index in [-0.39, 0.29) is 6.10 Å². The zero-order chi connectivity index (χ0) is 12.3. The van der Waals surface area contributed by atoms with E-state index in [9.17, 15) is 9.90 Å². The first kappa shape index (κ1) is 12.8. The third-order valence-corrected chi connectivity index (χ3v) is 3.91. The zero-order valence-corrected chi connectivity index (χ0v) is 10.5. The highest BCUT2D eigenvalue weighted by Crippen LogP contribution is 2.49. The van der Waals surface area contributed by atoms with Gasteiger partial charge in [0, 0.05) is 19.8 Å². The van der Waals surface area contributed by atoms with Gasteiger partial charge in [-0.3, -0.25) is 4.79 Å². The minimum Gasteiger partial charge on any atom is -0.481 e. The third kappa shape index (κ3) is 2.63. The summed E-state index contributed by atoms with van der Waals surface area (Å²) in [4.78, 5) is 11.6. The lowest BCUT2D eigenvalue weighted by Crippen LogP contribution is -2.41. The van der Waals surface area contributed by atoms with Crippen molar-refractivity contribution in [3.8, 4) is 0 Å². The van der Waals surface area contributed by atoms with Crippen molar-refractivity contribution in [2.75, 3.05) is 19.8 Å². The van der Waals surface area contributed by atoms with Crippen molar-refractivity contribution in [2.24, 2.45) is 11.3 Å². The number of rotatable bonds is 7. The number of ether oxygens (including phenoxy) is 2. The maximum absolute atomic E-state index is 11.6. The second kappa shape index (κ2) is 5.36. The molecule has 1 aliphatic heterocycles. The molecule has 0 radical (unpaired) electrons. The van der Waals surface area contributed by atoms with Gasteiger partial charge in [-0.05, 0) is 38.0 Å². The normalized spacial score (nSPS) is 32.9. The molecular weight excluding hydrogens is 220 g/mol. The Morgan fingerprint density at radius 3 is 2.82 bits per heavy atom. The molecule has 1 N–H and O–H groups in total. The second-order valence-corrected chi connectivity index (χ2v) is 5.20. The van der Waals surface area contributed by atoms with E-state index in [4.69, 9.17) is 9.47 Å². The van der Waals surface area contributed by atoms with Gasteiger partial charge in [-0.15, -0.1) is 0 Å². The Kier molecular flexibility index (Phi) is 4.05. The predicted octanol–water partition coefficient (Wildman–Crippen LogP) is 2.07. The Morgan fingerprint density at radius 1 is 1.47 bits per heavy atom. The molecule has 0 spiro atoms. The minimum absolute atomic E-state index is 0.0785. The maximum atomic E-state index is 11.6. The van der Waals surface area contributed by atoms with Gasteiger partial charge in [0.15, 0.2) is 0 Å². The lowest BCUT2D eigenvalue weighted by atomic mass is 9.76. The fourth-order valence-electron chi connectivity index (χ4n) is 2.76. The first-order valence-electron chi connectivity index (χ1n) is 6.63. The molecule has 1 saturated heterocycles. The number of aliphatic carboxylic acids is 1. The molecule has 17 heavy (non-hydrogen) atoms. The van der Waals surface area contributed by atoms with Crippen molar-refractivity contribution < 1.29 is 19.4 Å². The van der Waals surface area contributed by atoms with E-state index < -0.39 is 11.4 Å². The van der Waals surface area contributed by atoms with E-state index in [1.807, 2.05) is 0 Å². The van der Waals surface area contributed by atoms with Gasteiger partial charge >= 0.3 is 5.97 Å². The van der Waals surface area contributed by atoms with E-state index in [1.165, 1.54) is 0 Å². The van der Waals surface area contributed by atoms with Gasteiger partial charge in [0.25, 0.3) is 0 Å². The van der Waals surface area contributed by atoms with Gasteiger partial charge in [-0.1, -0.05) is 6.92 Å². The highest BCUT2D eigenvalue weighted by atomic mass is 16.5. The Hall–Kier alpha value is -0.610. The van der Waals surface area contributed by atoms with Gasteiger partial charge in [-0.25, -0.2) is 0 Å². The van der Waals surface area contributed by atoms with Crippen LogP contribution in [0.1, 0.15) is 39.0 Å². The molecule has 0 bridgehead atoms. The van der Waals surface area contributed by atoms with Crippen LogP contribution in [0.2, 0.25) is 0 Å². The molecule has 0 aromatic rings. The molecule has 4 heteroatoms. The third-order valence-electron chi connectivity index (χ3n) is 3.91. The molecule has 2 fully saturated rings. The summed E-state index contributed by atoms with van der Waals surface area (Å²) in [6.45, 7) is 3.89. The van der Waals surface area contributed by atoms with E-state index in [1.54, 1.807) is 0 Å². The van der Waals surface area contributed by atoms with Crippen LogP contribution in [0.25, 0.3) is 0 Å². The van der Waals surface area contributed by atoms with Crippen molar-refractivity contribution in [2.45, 2.75) is 45.1 Å². The average molecular weight is 242 g/mol. The van der Waals surface area contributed by atoms with Gasteiger partial charge in [-0.2, -0.15) is 0 Å². The number of carbonyl (C=O) groups is 1. The molecule has 0 amide bonds. The van der Waals surface area contributed by atoms with Crippen LogP contribution in [0.5, 0.6) is 0 Å². The summed E-state index contributed by atoms with van der Waals surface area (Å²) < 4.78 is 11.1. The standard InChI is InChI=1S/C13H22O4/c1-2-7-16-8-5-13(12(14)15)6-9-17-11(13)10-3-4-10/h10-11H,2-9H2,1H3,(H,14,15). The van der Waals surface area contributed by atoms with Crippen LogP contribution in [-0.2, 0) is 14.3 Å². The second-order valence-electron chi connectivity index (χ2n) is 5.20. The molecule has 0 aromatic carbocycles. The van der Waals surface area contributed by atoms with Crippen LogP contribution in [-0.4, -0.2) is 37.0 Å². The summed E-state index contributed by atoms with van der Waals surface area (Å²) in [5, 5.41) is 9.53. The summed E-state index contributed by atoms with van der Waals surface area (Å²) in [5.74, 6) is -0.230. The van der Waals surface area contributed by atoms with Crippen LogP contribution in [0.15, 0.2) is 0 Å². The topological polar surface area (TPSA) is 55.8 Å². The number of carboxylic acids is 1.